The molecule has 160 valence electrons. The number of nitrogens with zero attached hydrogens (tertiary/aromatic N) is 4. The van der Waals surface area contributed by atoms with Gasteiger partial charge in [0.15, 0.2) is 0 Å². The molecule has 5 aromatic rings. The Morgan fingerprint density at radius 1 is 1.16 bits per heavy atom. The van der Waals surface area contributed by atoms with Gasteiger partial charge in [0, 0.05) is 33.2 Å². The third-order valence-electron chi connectivity index (χ3n) is 5.32. The van der Waals surface area contributed by atoms with Gasteiger partial charge in [-0.05, 0) is 43.3 Å². The van der Waals surface area contributed by atoms with Crippen molar-refractivity contribution in [2.75, 3.05) is 0 Å². The van der Waals surface area contributed by atoms with E-state index in [0.717, 1.165) is 37.4 Å². The monoisotopic (exact) mass is 464 g/mol. The zero-order chi connectivity index (χ0) is 22.4. The molecule has 0 fully saturated rings. The molecule has 0 aliphatic carbocycles. The molecular formula is C23H17ClN4O3S. The number of benzene rings is 2. The largest absolute Gasteiger partial charge is 0.480 e. The van der Waals surface area contributed by atoms with E-state index in [9.17, 15) is 14.7 Å². The van der Waals surface area contributed by atoms with Crippen molar-refractivity contribution in [3.63, 3.8) is 0 Å². The summed E-state index contributed by atoms with van der Waals surface area (Å²) in [6.45, 7) is 1.91. The number of carboxylic acid groups (broad SMARTS) is 1. The molecule has 2 aromatic carbocycles. The van der Waals surface area contributed by atoms with Gasteiger partial charge in [0.2, 0.25) is 0 Å². The van der Waals surface area contributed by atoms with Gasteiger partial charge in [-0.15, -0.1) is 11.3 Å². The molecule has 3 heterocycles. The third-order valence-corrected chi connectivity index (χ3v) is 6.58. The molecule has 0 atom stereocenters. The summed E-state index contributed by atoms with van der Waals surface area (Å²) < 4.78 is 4.15. The minimum Gasteiger partial charge on any atom is -0.480 e. The predicted octanol–water partition coefficient (Wildman–Crippen LogP) is 4.57. The maximum Gasteiger partial charge on any atom is 0.323 e. The van der Waals surface area contributed by atoms with E-state index < -0.39 is 5.97 Å². The number of thiazole rings is 1. The van der Waals surface area contributed by atoms with Crippen molar-refractivity contribution in [2.24, 2.45) is 0 Å². The number of aliphatic carboxylic acids is 1. The molecule has 0 bridgehead atoms. The van der Waals surface area contributed by atoms with Crippen LogP contribution in [0.4, 0.5) is 0 Å². The van der Waals surface area contributed by atoms with Crippen LogP contribution < -0.4 is 5.56 Å². The third kappa shape index (κ3) is 3.57. The van der Waals surface area contributed by atoms with Crippen LogP contribution in [-0.2, 0) is 17.9 Å². The number of halogens is 1. The maximum atomic E-state index is 12.5. The normalized spacial score (nSPS) is 11.4. The summed E-state index contributed by atoms with van der Waals surface area (Å²) in [5, 5.41) is 16.1. The second-order valence-electron chi connectivity index (χ2n) is 7.39. The standard InChI is InChI=1S/C23H17ClN4O3S/c1-13-23(15-10-14(24)6-8-18(15)27(13)12-22(30)31)17-7-9-21(29)28(26-17)11-20-25-16-4-2-3-5-19(16)32-20/h2-10H,11-12H2,1H3,(H,30,31). The molecule has 5 rings (SSSR count). The summed E-state index contributed by atoms with van der Waals surface area (Å²) in [5.74, 6) is -0.944. The maximum absolute atomic E-state index is 12.5. The van der Waals surface area contributed by atoms with E-state index in [1.807, 2.05) is 31.2 Å². The number of hydrogen-bond acceptors (Lipinski definition) is 5. The lowest BCUT2D eigenvalue weighted by atomic mass is 10.1. The first-order valence-corrected chi connectivity index (χ1v) is 11.0. The first-order valence-electron chi connectivity index (χ1n) is 9.84. The molecule has 0 saturated heterocycles. The molecule has 1 N–H and O–H groups in total. The van der Waals surface area contributed by atoms with Gasteiger partial charge in [-0.2, -0.15) is 5.10 Å². The van der Waals surface area contributed by atoms with Gasteiger partial charge in [0.25, 0.3) is 5.56 Å². The van der Waals surface area contributed by atoms with Crippen LogP contribution in [0, 0.1) is 6.92 Å². The fraction of sp³-hybridized carbons (Fsp3) is 0.130. The minimum absolute atomic E-state index is 0.185. The Hall–Kier alpha value is -3.49. The van der Waals surface area contributed by atoms with Crippen LogP contribution in [0.1, 0.15) is 10.7 Å². The quantitative estimate of drug-likeness (QED) is 0.411. The lowest BCUT2D eigenvalue weighted by Crippen LogP contribution is -2.22. The van der Waals surface area contributed by atoms with Gasteiger partial charge in [0.05, 0.1) is 22.5 Å². The van der Waals surface area contributed by atoms with Crippen LogP contribution in [0.25, 0.3) is 32.4 Å². The Balaban J connectivity index is 1.64. The number of carboxylic acids is 1. The molecule has 0 unspecified atom stereocenters. The molecule has 9 heteroatoms. The first-order chi connectivity index (χ1) is 15.4. The average molecular weight is 465 g/mol. The topological polar surface area (TPSA) is 90.0 Å². The molecule has 32 heavy (non-hydrogen) atoms. The summed E-state index contributed by atoms with van der Waals surface area (Å²) in [4.78, 5) is 28.6. The van der Waals surface area contributed by atoms with Crippen molar-refractivity contribution in [1.82, 2.24) is 19.3 Å². The van der Waals surface area contributed by atoms with Crippen LogP contribution in [-0.4, -0.2) is 30.4 Å². The number of rotatable bonds is 5. The number of para-hydroxylation sites is 1. The van der Waals surface area contributed by atoms with Crippen LogP contribution in [0.2, 0.25) is 5.02 Å². The minimum atomic E-state index is -0.944. The van der Waals surface area contributed by atoms with Crippen molar-refractivity contribution in [1.29, 1.82) is 0 Å². The Kier molecular flexibility index (Phi) is 5.03. The Bertz CT molecular complexity index is 1530. The molecule has 0 saturated carbocycles. The lowest BCUT2D eigenvalue weighted by molar-refractivity contribution is -0.137. The second-order valence-corrected chi connectivity index (χ2v) is 8.94. The first kappa shape index (κ1) is 20.4. The van der Waals surface area contributed by atoms with Gasteiger partial charge in [-0.25, -0.2) is 9.67 Å². The number of aromatic nitrogens is 4. The van der Waals surface area contributed by atoms with E-state index in [4.69, 9.17) is 11.6 Å². The van der Waals surface area contributed by atoms with E-state index >= 15 is 0 Å². The molecular weight excluding hydrogens is 448 g/mol. The van der Waals surface area contributed by atoms with Crippen molar-refractivity contribution in [3.05, 3.63) is 80.7 Å². The Morgan fingerprint density at radius 3 is 2.75 bits per heavy atom. The van der Waals surface area contributed by atoms with Crippen molar-refractivity contribution < 1.29 is 9.90 Å². The summed E-state index contributed by atoms with van der Waals surface area (Å²) in [7, 11) is 0. The van der Waals surface area contributed by atoms with E-state index in [1.165, 1.54) is 22.1 Å². The summed E-state index contributed by atoms with van der Waals surface area (Å²) in [5.41, 5.74) is 3.45. The Morgan fingerprint density at radius 2 is 1.97 bits per heavy atom. The highest BCUT2D eigenvalue weighted by Crippen LogP contribution is 2.35. The fourth-order valence-corrected chi connectivity index (χ4v) is 5.05. The van der Waals surface area contributed by atoms with Gasteiger partial charge < -0.3 is 9.67 Å². The molecule has 0 spiro atoms. The Labute approximate surface area is 191 Å². The zero-order valence-electron chi connectivity index (χ0n) is 16.9. The number of fused-ring (bicyclic) bond motifs is 2. The fourth-order valence-electron chi connectivity index (χ4n) is 3.93. The molecule has 7 nitrogen and oxygen atoms in total. The highest BCUT2D eigenvalue weighted by Gasteiger charge is 2.19. The molecule has 0 amide bonds. The van der Waals surface area contributed by atoms with E-state index in [1.54, 1.807) is 28.8 Å². The van der Waals surface area contributed by atoms with Gasteiger partial charge in [-0.1, -0.05) is 23.7 Å². The van der Waals surface area contributed by atoms with Crippen LogP contribution in [0.15, 0.2) is 59.4 Å². The van der Waals surface area contributed by atoms with Crippen LogP contribution >= 0.6 is 22.9 Å². The van der Waals surface area contributed by atoms with E-state index in [0.29, 0.717) is 10.7 Å². The molecule has 0 aliphatic rings. The summed E-state index contributed by atoms with van der Waals surface area (Å²) in [6, 6.07) is 16.3. The number of hydrogen-bond donors (Lipinski definition) is 1. The average Bonchev–Trinajstić information content (AvgIpc) is 3.27. The molecule has 3 aromatic heterocycles. The van der Waals surface area contributed by atoms with Crippen molar-refractivity contribution in [3.8, 4) is 11.3 Å². The highest BCUT2D eigenvalue weighted by atomic mass is 35.5. The smallest absolute Gasteiger partial charge is 0.323 e. The van der Waals surface area contributed by atoms with Crippen molar-refractivity contribution in [2.45, 2.75) is 20.0 Å². The van der Waals surface area contributed by atoms with E-state index in [-0.39, 0.29) is 18.6 Å². The SMILES string of the molecule is Cc1c(-c2ccc(=O)n(Cc3nc4ccccc4s3)n2)c2cc(Cl)ccc2n1CC(=O)O. The highest BCUT2D eigenvalue weighted by molar-refractivity contribution is 7.18. The van der Waals surface area contributed by atoms with Gasteiger partial charge >= 0.3 is 5.97 Å². The van der Waals surface area contributed by atoms with Crippen LogP contribution in [0.5, 0.6) is 0 Å². The van der Waals surface area contributed by atoms with Gasteiger partial charge in [-0.3, -0.25) is 9.59 Å². The second kappa shape index (κ2) is 7.89. The molecule has 0 aliphatic heterocycles. The van der Waals surface area contributed by atoms with Gasteiger partial charge in [0.1, 0.15) is 11.6 Å². The number of carbonyl (C=O) groups is 1. The summed E-state index contributed by atoms with van der Waals surface area (Å²) >= 11 is 7.76. The molecule has 0 radical (unpaired) electrons. The van der Waals surface area contributed by atoms with E-state index in [2.05, 4.69) is 10.1 Å². The van der Waals surface area contributed by atoms with Crippen LogP contribution in [0.3, 0.4) is 0 Å². The summed E-state index contributed by atoms with van der Waals surface area (Å²) in [6.07, 6.45) is 0. The predicted molar refractivity (Wildman–Crippen MR) is 126 cm³/mol. The van der Waals surface area contributed by atoms with Crippen molar-refractivity contribution >= 4 is 50.0 Å². The lowest BCUT2D eigenvalue weighted by Gasteiger charge is -2.07. The zero-order valence-corrected chi connectivity index (χ0v) is 18.5.